The maximum absolute atomic E-state index is 13.4. The van der Waals surface area contributed by atoms with Gasteiger partial charge in [-0.05, 0) is 64.0 Å². The third-order valence-electron chi connectivity index (χ3n) is 6.94. The number of nitrogens with zero attached hydrogens (tertiary/aromatic N) is 3. The summed E-state index contributed by atoms with van der Waals surface area (Å²) < 4.78 is 10.6. The summed E-state index contributed by atoms with van der Waals surface area (Å²) in [6, 6.07) is 5.73. The van der Waals surface area contributed by atoms with Gasteiger partial charge in [-0.3, -0.25) is 9.59 Å². The van der Waals surface area contributed by atoms with Gasteiger partial charge in [-0.2, -0.15) is 0 Å². The molecule has 1 aromatic carbocycles. The molecule has 1 aromatic rings. The highest BCUT2D eigenvalue weighted by Gasteiger charge is 2.42. The van der Waals surface area contributed by atoms with E-state index < -0.39 is 12.0 Å². The molecule has 8 nitrogen and oxygen atoms in total. The Labute approximate surface area is 222 Å². The molecule has 3 aliphatic heterocycles. The van der Waals surface area contributed by atoms with Crippen LogP contribution in [0.5, 0.6) is 0 Å². The minimum absolute atomic E-state index is 0.0505. The quantitative estimate of drug-likeness (QED) is 0.480. The highest BCUT2D eigenvalue weighted by Crippen LogP contribution is 2.45. The van der Waals surface area contributed by atoms with Crippen molar-refractivity contribution in [1.82, 2.24) is 9.80 Å². The summed E-state index contributed by atoms with van der Waals surface area (Å²) in [6.07, 6.45) is 1.64. The highest BCUT2D eigenvalue weighted by atomic mass is 32.2. The number of amidine groups is 1. The lowest BCUT2D eigenvalue weighted by Gasteiger charge is -2.38. The van der Waals surface area contributed by atoms with Crippen molar-refractivity contribution < 1.29 is 23.9 Å². The molecule has 1 fully saturated rings. The van der Waals surface area contributed by atoms with Crippen LogP contribution in [-0.2, 0) is 23.9 Å². The fraction of sp³-hybridized carbons (Fsp3) is 0.500. The Morgan fingerprint density at radius 1 is 1.11 bits per heavy atom. The van der Waals surface area contributed by atoms with Crippen molar-refractivity contribution in [2.45, 2.75) is 59.9 Å². The predicted octanol–water partition coefficient (Wildman–Crippen LogP) is 4.63. The van der Waals surface area contributed by atoms with E-state index in [1.807, 2.05) is 43.2 Å². The molecule has 0 radical (unpaired) electrons. The summed E-state index contributed by atoms with van der Waals surface area (Å²) in [4.78, 5) is 47.4. The molecule has 0 aliphatic carbocycles. The summed E-state index contributed by atoms with van der Waals surface area (Å²) in [5.74, 6) is -0.981. The van der Waals surface area contributed by atoms with Crippen LogP contribution in [-0.4, -0.2) is 59.1 Å². The SMILES string of the molecule is CCOC(=O)C1=C(C)N=C2SC=C(CC(=O)N3CCC[C@H](C(=O)OCC)C3)N2[C@@H]1c1ccc(C)cc1C. The van der Waals surface area contributed by atoms with Gasteiger partial charge >= 0.3 is 11.9 Å². The van der Waals surface area contributed by atoms with Gasteiger partial charge in [-0.25, -0.2) is 9.79 Å². The Hall–Kier alpha value is -3.07. The average molecular weight is 526 g/mol. The van der Waals surface area contributed by atoms with Crippen molar-refractivity contribution in [2.24, 2.45) is 10.9 Å². The molecule has 2 atom stereocenters. The van der Waals surface area contributed by atoms with Gasteiger partial charge < -0.3 is 19.3 Å². The van der Waals surface area contributed by atoms with E-state index in [4.69, 9.17) is 14.5 Å². The van der Waals surface area contributed by atoms with Gasteiger partial charge in [0.25, 0.3) is 0 Å². The second-order valence-electron chi connectivity index (χ2n) is 9.58. The molecule has 37 heavy (non-hydrogen) atoms. The zero-order valence-electron chi connectivity index (χ0n) is 22.2. The molecule has 0 saturated carbocycles. The fourth-order valence-corrected chi connectivity index (χ4v) is 6.15. The zero-order chi connectivity index (χ0) is 26.7. The topological polar surface area (TPSA) is 88.5 Å². The molecule has 3 heterocycles. The van der Waals surface area contributed by atoms with Crippen molar-refractivity contribution in [1.29, 1.82) is 0 Å². The molecule has 0 N–H and O–H groups in total. The van der Waals surface area contributed by atoms with Gasteiger partial charge in [0.1, 0.15) is 0 Å². The number of carbonyl (C=O) groups is 3. The van der Waals surface area contributed by atoms with Crippen LogP contribution < -0.4 is 0 Å². The lowest BCUT2D eigenvalue weighted by atomic mass is 9.90. The number of esters is 2. The van der Waals surface area contributed by atoms with E-state index in [0.717, 1.165) is 40.4 Å². The number of amides is 1. The molecular formula is C28H35N3O5S. The van der Waals surface area contributed by atoms with Gasteiger partial charge in [0.2, 0.25) is 5.91 Å². The van der Waals surface area contributed by atoms with E-state index in [2.05, 4.69) is 6.07 Å². The number of aryl methyl sites for hydroxylation is 2. The normalized spacial score (nSPS) is 21.3. The first-order chi connectivity index (χ1) is 17.7. The second kappa shape index (κ2) is 11.5. The molecule has 198 valence electrons. The molecule has 0 spiro atoms. The summed E-state index contributed by atoms with van der Waals surface area (Å²) in [7, 11) is 0. The largest absolute Gasteiger partial charge is 0.466 e. The van der Waals surface area contributed by atoms with Crippen LogP contribution in [0.1, 0.15) is 62.8 Å². The number of piperidine rings is 1. The number of hydrogen-bond donors (Lipinski definition) is 0. The second-order valence-corrected chi connectivity index (χ2v) is 10.4. The fourth-order valence-electron chi connectivity index (χ4n) is 5.19. The van der Waals surface area contributed by atoms with Crippen molar-refractivity contribution in [3.8, 4) is 0 Å². The number of thioether (sulfide) groups is 1. The van der Waals surface area contributed by atoms with E-state index >= 15 is 0 Å². The number of allylic oxidation sites excluding steroid dienone is 1. The number of benzene rings is 1. The monoisotopic (exact) mass is 525 g/mol. The standard InChI is InChI=1S/C28H35N3O5S/c1-6-35-26(33)20-9-8-12-30(15-20)23(32)14-21-16-37-28-29-19(5)24(27(34)36-7-2)25(31(21)28)22-11-10-17(3)13-18(22)4/h10-11,13,16,20,25H,6-9,12,14-15H2,1-5H3/t20-,25+/m0/s1. The molecule has 9 heteroatoms. The summed E-state index contributed by atoms with van der Waals surface area (Å²) >= 11 is 1.46. The van der Waals surface area contributed by atoms with E-state index in [1.165, 1.54) is 11.8 Å². The first-order valence-electron chi connectivity index (χ1n) is 12.9. The number of carbonyl (C=O) groups excluding carboxylic acids is 3. The predicted molar refractivity (Wildman–Crippen MR) is 143 cm³/mol. The summed E-state index contributed by atoms with van der Waals surface area (Å²) in [5.41, 5.74) is 5.05. The van der Waals surface area contributed by atoms with Crippen LogP contribution >= 0.6 is 11.8 Å². The van der Waals surface area contributed by atoms with Gasteiger partial charge in [-0.15, -0.1) is 0 Å². The maximum Gasteiger partial charge on any atom is 0.338 e. The summed E-state index contributed by atoms with van der Waals surface area (Å²) in [6.45, 7) is 11.1. The van der Waals surface area contributed by atoms with Crippen LogP contribution in [0.15, 0.2) is 45.6 Å². The van der Waals surface area contributed by atoms with Gasteiger partial charge in [0.15, 0.2) is 5.17 Å². The number of likely N-dealkylation sites (tertiary alicyclic amines) is 1. The Morgan fingerprint density at radius 2 is 1.86 bits per heavy atom. The van der Waals surface area contributed by atoms with Gasteiger partial charge in [-0.1, -0.05) is 35.5 Å². The molecule has 0 aromatic heterocycles. The smallest absolute Gasteiger partial charge is 0.338 e. The lowest BCUT2D eigenvalue weighted by Crippen LogP contribution is -2.44. The van der Waals surface area contributed by atoms with Crippen LogP contribution in [0.4, 0.5) is 0 Å². The minimum atomic E-state index is -0.449. The van der Waals surface area contributed by atoms with Gasteiger partial charge in [0.05, 0.1) is 42.9 Å². The number of aliphatic imine (C=N–C) groups is 1. The van der Waals surface area contributed by atoms with Gasteiger partial charge in [0, 0.05) is 18.8 Å². The lowest BCUT2D eigenvalue weighted by molar-refractivity contribution is -0.151. The molecule has 4 rings (SSSR count). The van der Waals surface area contributed by atoms with Crippen LogP contribution in [0, 0.1) is 19.8 Å². The Balaban J connectivity index is 1.63. The number of ether oxygens (including phenoxy) is 2. The van der Waals surface area contributed by atoms with Crippen molar-refractivity contribution >= 4 is 34.8 Å². The zero-order valence-corrected chi connectivity index (χ0v) is 23.0. The molecule has 0 bridgehead atoms. The third kappa shape index (κ3) is 5.61. The van der Waals surface area contributed by atoms with Crippen LogP contribution in [0.3, 0.4) is 0 Å². The Kier molecular flexibility index (Phi) is 8.42. The molecule has 1 amide bonds. The van der Waals surface area contributed by atoms with E-state index in [0.29, 0.717) is 31.0 Å². The van der Waals surface area contributed by atoms with E-state index in [1.54, 1.807) is 18.7 Å². The minimum Gasteiger partial charge on any atom is -0.466 e. The molecule has 0 unspecified atom stereocenters. The Morgan fingerprint density at radius 3 is 2.57 bits per heavy atom. The van der Waals surface area contributed by atoms with E-state index in [9.17, 15) is 14.4 Å². The molecule has 1 saturated heterocycles. The third-order valence-corrected chi connectivity index (χ3v) is 7.83. The average Bonchev–Trinajstić information content (AvgIpc) is 3.25. The molecule has 3 aliphatic rings. The first-order valence-corrected chi connectivity index (χ1v) is 13.8. The Bertz CT molecular complexity index is 1190. The highest BCUT2D eigenvalue weighted by molar-refractivity contribution is 8.16. The van der Waals surface area contributed by atoms with Crippen LogP contribution in [0.25, 0.3) is 0 Å². The van der Waals surface area contributed by atoms with Crippen molar-refractivity contribution in [3.05, 3.63) is 57.3 Å². The number of rotatable bonds is 7. The number of hydrogen-bond acceptors (Lipinski definition) is 8. The van der Waals surface area contributed by atoms with Crippen molar-refractivity contribution in [2.75, 3.05) is 26.3 Å². The van der Waals surface area contributed by atoms with E-state index in [-0.39, 0.29) is 30.8 Å². The number of fused-ring (bicyclic) bond motifs is 1. The van der Waals surface area contributed by atoms with Crippen molar-refractivity contribution in [3.63, 3.8) is 0 Å². The maximum atomic E-state index is 13.4. The van der Waals surface area contributed by atoms with Crippen LogP contribution in [0.2, 0.25) is 0 Å². The molecular weight excluding hydrogens is 490 g/mol. The first kappa shape index (κ1) is 27.0. The summed E-state index contributed by atoms with van der Waals surface area (Å²) in [5, 5.41) is 2.68.